The van der Waals surface area contributed by atoms with E-state index in [1.165, 1.54) is 0 Å². The van der Waals surface area contributed by atoms with Crippen LogP contribution in [-0.4, -0.2) is 26.0 Å². The van der Waals surface area contributed by atoms with Gasteiger partial charge < -0.3 is 14.3 Å². The quantitative estimate of drug-likeness (QED) is 0.445. The Hall–Kier alpha value is -1.84. The summed E-state index contributed by atoms with van der Waals surface area (Å²) in [5, 5.41) is 0. The number of hydrogen-bond donors (Lipinski definition) is 0. The Morgan fingerprint density at radius 1 is 1.41 bits per heavy atom. The monoisotopic (exact) mass is 236 g/mol. The highest BCUT2D eigenvalue weighted by molar-refractivity contribution is 5.94. The maximum atomic E-state index is 11.6. The van der Waals surface area contributed by atoms with Gasteiger partial charge in [0.1, 0.15) is 18.0 Å². The Morgan fingerprint density at radius 2 is 2.12 bits per heavy atom. The van der Waals surface area contributed by atoms with Gasteiger partial charge in [-0.05, 0) is 37.1 Å². The van der Waals surface area contributed by atoms with Crippen molar-refractivity contribution in [1.82, 2.24) is 0 Å². The minimum absolute atomic E-state index is 0.256. The van der Waals surface area contributed by atoms with E-state index in [0.29, 0.717) is 17.6 Å². The minimum Gasteiger partial charge on any atom is -0.497 e. The number of benzene rings is 1. The molecule has 1 aromatic carbocycles. The number of aldehydes is 1. The van der Waals surface area contributed by atoms with Crippen LogP contribution in [0, 0.1) is 6.92 Å². The summed E-state index contributed by atoms with van der Waals surface area (Å²) in [6.45, 7) is 3.84. The fraction of sp³-hybridized carbons (Fsp3) is 0.385. The van der Waals surface area contributed by atoms with Crippen LogP contribution in [0.1, 0.15) is 24.0 Å². The predicted octanol–water partition coefficient (Wildman–Crippen LogP) is 1.85. The molecule has 0 amide bonds. The number of aryl methyl sites for hydroxylation is 1. The van der Waals surface area contributed by atoms with Gasteiger partial charge in [0.15, 0.2) is 0 Å². The lowest BCUT2D eigenvalue weighted by Gasteiger charge is -2.12. The summed E-state index contributed by atoms with van der Waals surface area (Å²) >= 11 is 0. The standard InChI is InChI=1S/C13H16O4/c1-4-17-13(15)12(8-14)10-5-9(2)6-11(7-10)16-3/h5-8,12H,4H2,1-3H3. The molecule has 0 bridgehead atoms. The number of esters is 1. The van der Waals surface area contributed by atoms with Crippen LogP contribution in [0.4, 0.5) is 0 Å². The first-order valence-corrected chi connectivity index (χ1v) is 5.39. The second-order valence-corrected chi connectivity index (χ2v) is 3.65. The van der Waals surface area contributed by atoms with Gasteiger partial charge in [-0.3, -0.25) is 4.79 Å². The molecule has 0 fully saturated rings. The van der Waals surface area contributed by atoms with Crippen LogP contribution in [-0.2, 0) is 14.3 Å². The molecule has 0 saturated heterocycles. The third-order valence-corrected chi connectivity index (χ3v) is 2.34. The minimum atomic E-state index is -0.885. The van der Waals surface area contributed by atoms with Crippen molar-refractivity contribution in [2.45, 2.75) is 19.8 Å². The molecular weight excluding hydrogens is 220 g/mol. The first-order valence-electron chi connectivity index (χ1n) is 5.39. The van der Waals surface area contributed by atoms with Gasteiger partial charge in [-0.25, -0.2) is 0 Å². The summed E-state index contributed by atoms with van der Waals surface area (Å²) in [7, 11) is 1.54. The van der Waals surface area contributed by atoms with Gasteiger partial charge in [0, 0.05) is 0 Å². The zero-order chi connectivity index (χ0) is 12.8. The van der Waals surface area contributed by atoms with E-state index in [2.05, 4.69) is 0 Å². The molecule has 1 aromatic rings. The van der Waals surface area contributed by atoms with Crippen LogP contribution in [0.5, 0.6) is 5.75 Å². The summed E-state index contributed by atoms with van der Waals surface area (Å²) in [5.41, 5.74) is 1.52. The van der Waals surface area contributed by atoms with Crippen molar-refractivity contribution in [3.05, 3.63) is 29.3 Å². The van der Waals surface area contributed by atoms with Gasteiger partial charge >= 0.3 is 5.97 Å². The normalized spacial score (nSPS) is 11.7. The molecule has 4 heteroatoms. The zero-order valence-electron chi connectivity index (χ0n) is 10.2. The van der Waals surface area contributed by atoms with E-state index in [-0.39, 0.29) is 6.61 Å². The Balaban J connectivity index is 3.06. The van der Waals surface area contributed by atoms with Gasteiger partial charge in [-0.2, -0.15) is 0 Å². The summed E-state index contributed by atoms with van der Waals surface area (Å²) in [4.78, 5) is 22.6. The largest absolute Gasteiger partial charge is 0.497 e. The van der Waals surface area contributed by atoms with E-state index >= 15 is 0 Å². The molecule has 0 aromatic heterocycles. The van der Waals surface area contributed by atoms with E-state index in [1.807, 2.05) is 13.0 Å². The van der Waals surface area contributed by atoms with Crippen molar-refractivity contribution in [3.63, 3.8) is 0 Å². The zero-order valence-corrected chi connectivity index (χ0v) is 10.2. The van der Waals surface area contributed by atoms with Crippen molar-refractivity contribution < 1.29 is 19.1 Å². The van der Waals surface area contributed by atoms with Gasteiger partial charge in [0.05, 0.1) is 13.7 Å². The number of ether oxygens (including phenoxy) is 2. The van der Waals surface area contributed by atoms with E-state index in [0.717, 1.165) is 5.56 Å². The van der Waals surface area contributed by atoms with Crippen LogP contribution in [0.25, 0.3) is 0 Å². The first kappa shape index (κ1) is 13.2. The molecular formula is C13H16O4. The molecule has 1 unspecified atom stereocenters. The first-order chi connectivity index (χ1) is 8.12. The van der Waals surface area contributed by atoms with Crippen LogP contribution < -0.4 is 4.74 Å². The van der Waals surface area contributed by atoms with E-state index in [9.17, 15) is 9.59 Å². The third kappa shape index (κ3) is 3.31. The molecule has 17 heavy (non-hydrogen) atoms. The van der Waals surface area contributed by atoms with E-state index in [1.54, 1.807) is 26.2 Å². The maximum Gasteiger partial charge on any atom is 0.320 e. The second kappa shape index (κ2) is 6.03. The van der Waals surface area contributed by atoms with Gasteiger partial charge in [0.25, 0.3) is 0 Å². The molecule has 0 aliphatic carbocycles. The number of rotatable bonds is 5. The summed E-state index contributed by atoms with van der Waals surface area (Å²) < 4.78 is 9.95. The fourth-order valence-corrected chi connectivity index (χ4v) is 1.58. The van der Waals surface area contributed by atoms with Crippen molar-refractivity contribution in [2.75, 3.05) is 13.7 Å². The highest BCUT2D eigenvalue weighted by Gasteiger charge is 2.22. The van der Waals surface area contributed by atoms with Crippen LogP contribution in [0.3, 0.4) is 0 Å². The number of carbonyl (C=O) groups is 2. The van der Waals surface area contributed by atoms with Crippen molar-refractivity contribution >= 4 is 12.3 Å². The number of carbonyl (C=O) groups excluding carboxylic acids is 2. The molecule has 92 valence electrons. The van der Waals surface area contributed by atoms with Gasteiger partial charge in [-0.1, -0.05) is 6.07 Å². The number of hydrogen-bond acceptors (Lipinski definition) is 4. The average molecular weight is 236 g/mol. The Labute approximate surface area is 101 Å². The van der Waals surface area contributed by atoms with Crippen molar-refractivity contribution in [2.24, 2.45) is 0 Å². The molecule has 4 nitrogen and oxygen atoms in total. The molecule has 0 saturated carbocycles. The molecule has 1 rings (SSSR count). The van der Waals surface area contributed by atoms with Crippen LogP contribution in [0.2, 0.25) is 0 Å². The van der Waals surface area contributed by atoms with E-state index < -0.39 is 11.9 Å². The topological polar surface area (TPSA) is 52.6 Å². The van der Waals surface area contributed by atoms with Crippen LogP contribution in [0.15, 0.2) is 18.2 Å². The molecule has 0 aliphatic heterocycles. The molecule has 0 aliphatic rings. The smallest absolute Gasteiger partial charge is 0.320 e. The average Bonchev–Trinajstić information content (AvgIpc) is 2.29. The van der Waals surface area contributed by atoms with Crippen LogP contribution >= 0.6 is 0 Å². The molecule has 0 radical (unpaired) electrons. The summed E-state index contributed by atoms with van der Waals surface area (Å²) in [6.07, 6.45) is 0.589. The Bertz CT molecular complexity index is 412. The Morgan fingerprint density at radius 3 is 2.65 bits per heavy atom. The SMILES string of the molecule is CCOC(=O)C(C=O)c1cc(C)cc(OC)c1. The highest BCUT2D eigenvalue weighted by Crippen LogP contribution is 2.23. The predicted molar refractivity (Wildman–Crippen MR) is 63.2 cm³/mol. The Kier molecular flexibility index (Phi) is 4.69. The fourth-order valence-electron chi connectivity index (χ4n) is 1.58. The molecule has 0 heterocycles. The number of methoxy groups -OCH3 is 1. The second-order valence-electron chi connectivity index (χ2n) is 3.65. The lowest BCUT2D eigenvalue weighted by atomic mass is 9.98. The van der Waals surface area contributed by atoms with Gasteiger partial charge in [0.2, 0.25) is 0 Å². The van der Waals surface area contributed by atoms with Crippen molar-refractivity contribution in [1.29, 1.82) is 0 Å². The van der Waals surface area contributed by atoms with E-state index in [4.69, 9.17) is 9.47 Å². The highest BCUT2D eigenvalue weighted by atomic mass is 16.5. The van der Waals surface area contributed by atoms with Gasteiger partial charge in [-0.15, -0.1) is 0 Å². The molecule has 0 spiro atoms. The third-order valence-electron chi connectivity index (χ3n) is 2.34. The molecule has 0 N–H and O–H groups in total. The maximum absolute atomic E-state index is 11.6. The summed E-state index contributed by atoms with van der Waals surface area (Å²) in [5.74, 6) is -0.796. The van der Waals surface area contributed by atoms with Crippen molar-refractivity contribution in [3.8, 4) is 5.75 Å². The lowest BCUT2D eigenvalue weighted by molar-refractivity contribution is -0.146. The summed E-state index contributed by atoms with van der Waals surface area (Å²) in [6, 6.07) is 5.28. The lowest BCUT2D eigenvalue weighted by Crippen LogP contribution is -2.17. The molecule has 1 atom stereocenters.